The molecular weight excluding hydrogens is 384 g/mol. The van der Waals surface area contributed by atoms with Crippen LogP contribution in [0.15, 0.2) is 49.2 Å². The number of anilines is 3. The van der Waals surface area contributed by atoms with E-state index in [1.165, 1.54) is 6.20 Å². The summed E-state index contributed by atoms with van der Waals surface area (Å²) >= 11 is 0. The first-order valence-electron chi connectivity index (χ1n) is 9.78. The van der Waals surface area contributed by atoms with E-state index in [1.807, 2.05) is 31.3 Å². The third kappa shape index (κ3) is 4.14. The number of fused-ring (bicyclic) bond motifs is 1. The van der Waals surface area contributed by atoms with Gasteiger partial charge in [-0.15, -0.1) is 0 Å². The molecule has 1 amide bonds. The Morgan fingerprint density at radius 3 is 3.07 bits per heavy atom. The molecule has 2 aromatic heterocycles. The molecule has 0 atom stereocenters. The zero-order valence-electron chi connectivity index (χ0n) is 16.7. The van der Waals surface area contributed by atoms with Gasteiger partial charge in [-0.3, -0.25) is 9.88 Å². The van der Waals surface area contributed by atoms with Gasteiger partial charge < -0.3 is 25.1 Å². The molecule has 1 aliphatic rings. The summed E-state index contributed by atoms with van der Waals surface area (Å²) in [5.74, 6) is 0.787. The van der Waals surface area contributed by atoms with Crippen LogP contribution in [0.4, 0.5) is 21.9 Å². The number of benzene rings is 1. The van der Waals surface area contributed by atoms with Crippen molar-refractivity contribution in [3.8, 4) is 5.75 Å². The van der Waals surface area contributed by atoms with Gasteiger partial charge in [-0.2, -0.15) is 0 Å². The third-order valence-corrected chi connectivity index (χ3v) is 4.96. The number of hydrogen-bond acceptors (Lipinski definition) is 7. The zero-order chi connectivity index (χ0) is 20.9. The number of nitrogens with two attached hydrogens (primary N) is 1. The first kappa shape index (κ1) is 19.6. The Labute approximate surface area is 174 Å². The van der Waals surface area contributed by atoms with Crippen molar-refractivity contribution < 1.29 is 14.3 Å². The average molecular weight is 408 g/mol. The highest BCUT2D eigenvalue weighted by molar-refractivity contribution is 5.89. The van der Waals surface area contributed by atoms with Crippen LogP contribution >= 0.6 is 0 Å². The Morgan fingerprint density at radius 1 is 1.40 bits per heavy atom. The number of aromatic nitrogens is 3. The van der Waals surface area contributed by atoms with E-state index in [-0.39, 0.29) is 6.61 Å². The molecule has 0 saturated carbocycles. The second kappa shape index (κ2) is 8.73. The van der Waals surface area contributed by atoms with E-state index in [1.54, 1.807) is 23.5 Å². The SMILES string of the molecule is CCN(C(=O)OCc1ccncc1N)c1ccc2c(c1)N(Cc1c[nH]cn1)CCO2. The van der Waals surface area contributed by atoms with Crippen LogP contribution in [-0.4, -0.2) is 40.7 Å². The molecule has 4 rings (SSSR count). The molecule has 0 saturated heterocycles. The fourth-order valence-electron chi connectivity index (χ4n) is 3.37. The summed E-state index contributed by atoms with van der Waals surface area (Å²) in [4.78, 5) is 27.8. The third-order valence-electron chi connectivity index (χ3n) is 4.96. The maximum atomic E-state index is 12.8. The highest BCUT2D eigenvalue weighted by Crippen LogP contribution is 2.36. The summed E-state index contributed by atoms with van der Waals surface area (Å²) in [6, 6.07) is 7.44. The topological polar surface area (TPSA) is 110 Å². The Balaban J connectivity index is 1.51. The number of carbonyl (C=O) groups excluding carboxylic acids is 1. The van der Waals surface area contributed by atoms with E-state index < -0.39 is 6.09 Å². The van der Waals surface area contributed by atoms with Crippen molar-refractivity contribution in [2.45, 2.75) is 20.1 Å². The van der Waals surface area contributed by atoms with Gasteiger partial charge in [0, 0.05) is 30.2 Å². The van der Waals surface area contributed by atoms with Crippen molar-refractivity contribution in [3.05, 3.63) is 60.4 Å². The van der Waals surface area contributed by atoms with Crippen molar-refractivity contribution in [2.24, 2.45) is 0 Å². The number of imidazole rings is 1. The Hall–Kier alpha value is -3.75. The van der Waals surface area contributed by atoms with E-state index >= 15 is 0 Å². The van der Waals surface area contributed by atoms with Crippen molar-refractivity contribution in [1.29, 1.82) is 0 Å². The van der Waals surface area contributed by atoms with Gasteiger partial charge in [0.2, 0.25) is 0 Å². The molecule has 9 nitrogen and oxygen atoms in total. The number of H-pyrrole nitrogens is 1. The van der Waals surface area contributed by atoms with E-state index in [0.29, 0.717) is 25.4 Å². The number of ether oxygens (including phenoxy) is 2. The molecule has 3 aromatic rings. The largest absolute Gasteiger partial charge is 0.490 e. The molecule has 3 N–H and O–H groups in total. The fourth-order valence-corrected chi connectivity index (χ4v) is 3.37. The maximum absolute atomic E-state index is 12.8. The molecule has 0 unspecified atom stereocenters. The predicted octanol–water partition coefficient (Wildman–Crippen LogP) is 2.95. The lowest BCUT2D eigenvalue weighted by molar-refractivity contribution is 0.147. The van der Waals surface area contributed by atoms with Gasteiger partial charge in [-0.05, 0) is 31.2 Å². The number of hydrogen-bond donors (Lipinski definition) is 2. The quantitative estimate of drug-likeness (QED) is 0.645. The van der Waals surface area contributed by atoms with E-state index in [2.05, 4.69) is 19.9 Å². The average Bonchev–Trinajstić information content (AvgIpc) is 3.27. The number of nitrogens with zero attached hydrogens (tertiary/aromatic N) is 4. The van der Waals surface area contributed by atoms with Gasteiger partial charge in [0.05, 0.1) is 42.7 Å². The minimum atomic E-state index is -0.441. The lowest BCUT2D eigenvalue weighted by Gasteiger charge is -2.32. The molecule has 0 bridgehead atoms. The molecule has 9 heteroatoms. The van der Waals surface area contributed by atoms with Gasteiger partial charge >= 0.3 is 6.09 Å². The minimum Gasteiger partial charge on any atom is -0.490 e. The Bertz CT molecular complexity index is 1010. The number of aromatic amines is 1. The second-order valence-electron chi connectivity index (χ2n) is 6.86. The van der Waals surface area contributed by atoms with Crippen molar-refractivity contribution in [1.82, 2.24) is 15.0 Å². The molecule has 0 aliphatic carbocycles. The van der Waals surface area contributed by atoms with Crippen LogP contribution in [0.5, 0.6) is 5.75 Å². The van der Waals surface area contributed by atoms with Crippen molar-refractivity contribution in [2.75, 3.05) is 35.2 Å². The molecule has 1 aliphatic heterocycles. The number of nitrogen functional groups attached to an aromatic ring is 1. The first-order valence-corrected chi connectivity index (χ1v) is 9.78. The van der Waals surface area contributed by atoms with Crippen LogP contribution < -0.4 is 20.3 Å². The summed E-state index contributed by atoms with van der Waals surface area (Å²) in [7, 11) is 0. The highest BCUT2D eigenvalue weighted by atomic mass is 16.6. The normalized spacial score (nSPS) is 12.8. The van der Waals surface area contributed by atoms with Crippen molar-refractivity contribution in [3.63, 3.8) is 0 Å². The first-order chi connectivity index (χ1) is 14.7. The monoisotopic (exact) mass is 408 g/mol. The van der Waals surface area contributed by atoms with E-state index in [0.717, 1.165) is 34.9 Å². The standard InChI is InChI=1S/C21H24N6O3/c1-2-27(21(28)30-13-15-5-6-23-11-18(15)22)17-3-4-20-19(9-17)26(7-8-29-20)12-16-10-24-14-25-16/h3-6,9-11,14H,2,7-8,12-13,22H2,1H3,(H,24,25). The second-order valence-corrected chi connectivity index (χ2v) is 6.86. The number of pyridine rings is 1. The van der Waals surface area contributed by atoms with Gasteiger partial charge in [0.15, 0.2) is 0 Å². The highest BCUT2D eigenvalue weighted by Gasteiger charge is 2.23. The lowest BCUT2D eigenvalue weighted by atomic mass is 10.2. The van der Waals surface area contributed by atoms with Crippen molar-refractivity contribution >= 4 is 23.2 Å². The summed E-state index contributed by atoms with van der Waals surface area (Å²) in [6.07, 6.45) is 6.26. The molecule has 156 valence electrons. The fraction of sp³-hybridized carbons (Fsp3) is 0.286. The predicted molar refractivity (Wildman–Crippen MR) is 113 cm³/mol. The van der Waals surface area contributed by atoms with E-state index in [4.69, 9.17) is 15.2 Å². The smallest absolute Gasteiger partial charge is 0.414 e. The lowest BCUT2D eigenvalue weighted by Crippen LogP contribution is -2.34. The number of nitrogens with one attached hydrogen (secondary N) is 1. The zero-order valence-corrected chi connectivity index (χ0v) is 16.7. The van der Waals surface area contributed by atoms with Gasteiger partial charge in [-0.1, -0.05) is 0 Å². The van der Waals surface area contributed by atoms with Crippen LogP contribution in [0.3, 0.4) is 0 Å². The van der Waals surface area contributed by atoms with Crippen LogP contribution in [0.2, 0.25) is 0 Å². The molecular formula is C21H24N6O3. The van der Waals surface area contributed by atoms with Crippen LogP contribution in [-0.2, 0) is 17.9 Å². The Kier molecular flexibility index (Phi) is 5.69. The minimum absolute atomic E-state index is 0.0863. The Morgan fingerprint density at radius 2 is 2.30 bits per heavy atom. The van der Waals surface area contributed by atoms with Crippen LogP contribution in [0.1, 0.15) is 18.2 Å². The van der Waals surface area contributed by atoms with Crippen LogP contribution in [0, 0.1) is 0 Å². The number of amides is 1. The molecule has 1 aromatic carbocycles. The van der Waals surface area contributed by atoms with Gasteiger partial charge in [0.1, 0.15) is 19.0 Å². The maximum Gasteiger partial charge on any atom is 0.414 e. The van der Waals surface area contributed by atoms with Gasteiger partial charge in [-0.25, -0.2) is 9.78 Å². The number of rotatable bonds is 6. The summed E-state index contributed by atoms with van der Waals surface area (Å²) in [5.41, 5.74) is 9.69. The molecule has 0 spiro atoms. The molecule has 0 fully saturated rings. The molecule has 3 heterocycles. The summed E-state index contributed by atoms with van der Waals surface area (Å²) in [6.45, 7) is 4.44. The molecule has 0 radical (unpaired) electrons. The summed E-state index contributed by atoms with van der Waals surface area (Å²) < 4.78 is 11.3. The van der Waals surface area contributed by atoms with Gasteiger partial charge in [0.25, 0.3) is 0 Å². The van der Waals surface area contributed by atoms with E-state index in [9.17, 15) is 4.79 Å². The molecule has 30 heavy (non-hydrogen) atoms. The summed E-state index contributed by atoms with van der Waals surface area (Å²) in [5, 5.41) is 0. The number of carbonyl (C=O) groups is 1. The van der Waals surface area contributed by atoms with Crippen LogP contribution in [0.25, 0.3) is 0 Å².